The summed E-state index contributed by atoms with van der Waals surface area (Å²) in [5.41, 5.74) is 8.07. The van der Waals surface area contributed by atoms with Gasteiger partial charge in [0.15, 0.2) is 0 Å². The zero-order valence-electron chi connectivity index (χ0n) is 14.9. The Balaban J connectivity index is 1.54. The van der Waals surface area contributed by atoms with Crippen molar-refractivity contribution in [3.05, 3.63) is 65.7 Å². The predicted molar refractivity (Wildman–Crippen MR) is 102 cm³/mol. The quantitative estimate of drug-likeness (QED) is 0.840. The largest absolute Gasteiger partial charge is 0.369 e. The number of likely N-dealkylation sites (tertiary alicyclic amines) is 1. The van der Waals surface area contributed by atoms with E-state index in [0.29, 0.717) is 0 Å². The topological polar surface area (TPSA) is 75.4 Å². The Kier molecular flexibility index (Phi) is 6.02. The molecular formula is C21H25N3O2. The summed E-state index contributed by atoms with van der Waals surface area (Å²) in [6, 6.07) is 17.6. The van der Waals surface area contributed by atoms with Crippen molar-refractivity contribution in [1.82, 2.24) is 4.90 Å². The van der Waals surface area contributed by atoms with Crippen molar-refractivity contribution in [3.8, 4) is 0 Å². The van der Waals surface area contributed by atoms with Gasteiger partial charge in [-0.3, -0.25) is 14.5 Å². The lowest BCUT2D eigenvalue weighted by Gasteiger charge is -2.32. The molecule has 0 bridgehead atoms. The molecule has 5 nitrogen and oxygen atoms in total. The third-order valence-corrected chi connectivity index (χ3v) is 4.73. The van der Waals surface area contributed by atoms with Crippen molar-refractivity contribution >= 4 is 17.5 Å². The molecule has 2 amide bonds. The molecule has 1 heterocycles. The number of piperidine rings is 1. The van der Waals surface area contributed by atoms with Gasteiger partial charge < -0.3 is 11.1 Å². The number of nitrogens with zero attached hydrogens (tertiary/aromatic N) is 1. The molecule has 0 radical (unpaired) electrons. The fourth-order valence-electron chi connectivity index (χ4n) is 3.41. The summed E-state index contributed by atoms with van der Waals surface area (Å²) in [5.74, 6) is -0.300. The fourth-order valence-corrected chi connectivity index (χ4v) is 3.41. The number of amides is 2. The third-order valence-electron chi connectivity index (χ3n) is 4.73. The standard InChI is InChI=1S/C21H25N3O2/c22-20(25)13-16-8-10-19(11-9-16)23-21(26)18-7-4-12-24(15-18)14-17-5-2-1-3-6-17/h1-3,5-6,8-11,18H,4,7,12-15H2,(H2,22,25)(H,23,26). The molecule has 0 spiro atoms. The molecule has 1 aliphatic rings. The number of anilines is 1. The minimum atomic E-state index is -0.359. The first-order valence-electron chi connectivity index (χ1n) is 9.04. The van der Waals surface area contributed by atoms with E-state index in [1.165, 1.54) is 5.56 Å². The highest BCUT2D eigenvalue weighted by molar-refractivity contribution is 5.92. The lowest BCUT2D eigenvalue weighted by atomic mass is 9.96. The van der Waals surface area contributed by atoms with Gasteiger partial charge in [-0.15, -0.1) is 0 Å². The lowest BCUT2D eigenvalue weighted by Crippen LogP contribution is -2.40. The minimum absolute atomic E-state index is 0.00208. The van der Waals surface area contributed by atoms with Crippen molar-refractivity contribution in [2.45, 2.75) is 25.8 Å². The molecule has 1 fully saturated rings. The van der Waals surface area contributed by atoms with Crippen LogP contribution in [-0.4, -0.2) is 29.8 Å². The van der Waals surface area contributed by atoms with E-state index in [-0.39, 0.29) is 24.2 Å². The Hall–Kier alpha value is -2.66. The summed E-state index contributed by atoms with van der Waals surface area (Å²) < 4.78 is 0. The molecule has 1 saturated heterocycles. The molecule has 2 aromatic carbocycles. The summed E-state index contributed by atoms with van der Waals surface area (Å²) in [4.78, 5) is 25.9. The van der Waals surface area contributed by atoms with Gasteiger partial charge >= 0.3 is 0 Å². The van der Waals surface area contributed by atoms with E-state index >= 15 is 0 Å². The monoisotopic (exact) mass is 351 g/mol. The van der Waals surface area contributed by atoms with Crippen LogP contribution in [0.15, 0.2) is 54.6 Å². The lowest BCUT2D eigenvalue weighted by molar-refractivity contribution is -0.121. The van der Waals surface area contributed by atoms with Crippen LogP contribution in [0.5, 0.6) is 0 Å². The van der Waals surface area contributed by atoms with Gasteiger partial charge in [0, 0.05) is 18.8 Å². The fraction of sp³-hybridized carbons (Fsp3) is 0.333. The van der Waals surface area contributed by atoms with Gasteiger partial charge in [0.2, 0.25) is 11.8 Å². The Morgan fingerprint density at radius 2 is 1.77 bits per heavy atom. The van der Waals surface area contributed by atoms with Crippen LogP contribution in [-0.2, 0) is 22.6 Å². The number of nitrogens with two attached hydrogens (primary N) is 1. The van der Waals surface area contributed by atoms with Gasteiger partial charge in [-0.1, -0.05) is 42.5 Å². The first-order valence-corrected chi connectivity index (χ1v) is 9.04. The normalized spacial score (nSPS) is 17.6. The molecule has 0 aromatic heterocycles. The Morgan fingerprint density at radius 3 is 2.46 bits per heavy atom. The number of hydrogen-bond acceptors (Lipinski definition) is 3. The number of carbonyl (C=O) groups is 2. The number of benzene rings is 2. The van der Waals surface area contributed by atoms with Gasteiger partial charge in [0.1, 0.15) is 0 Å². The summed E-state index contributed by atoms with van der Waals surface area (Å²) in [5, 5.41) is 2.99. The van der Waals surface area contributed by atoms with Crippen molar-refractivity contribution < 1.29 is 9.59 Å². The first kappa shape index (κ1) is 18.1. The number of carbonyl (C=O) groups excluding carboxylic acids is 2. The van der Waals surface area contributed by atoms with Crippen LogP contribution in [0.3, 0.4) is 0 Å². The zero-order valence-corrected chi connectivity index (χ0v) is 14.9. The van der Waals surface area contributed by atoms with E-state index in [9.17, 15) is 9.59 Å². The maximum atomic E-state index is 12.6. The zero-order chi connectivity index (χ0) is 18.4. The maximum absolute atomic E-state index is 12.6. The highest BCUT2D eigenvalue weighted by Gasteiger charge is 2.25. The van der Waals surface area contributed by atoms with E-state index in [1.54, 1.807) is 0 Å². The van der Waals surface area contributed by atoms with Crippen molar-refractivity contribution in [2.75, 3.05) is 18.4 Å². The number of hydrogen-bond donors (Lipinski definition) is 2. The SMILES string of the molecule is NC(=O)Cc1ccc(NC(=O)C2CCCN(Cc3ccccc3)C2)cc1. The van der Waals surface area contributed by atoms with Crippen LogP contribution in [0, 0.1) is 5.92 Å². The van der Waals surface area contributed by atoms with Crippen molar-refractivity contribution in [2.24, 2.45) is 11.7 Å². The van der Waals surface area contributed by atoms with Gasteiger partial charge in [0.25, 0.3) is 0 Å². The molecule has 1 atom stereocenters. The van der Waals surface area contributed by atoms with Gasteiger partial charge in [-0.25, -0.2) is 0 Å². The van der Waals surface area contributed by atoms with E-state index in [0.717, 1.165) is 43.7 Å². The predicted octanol–water partition coefficient (Wildman–Crippen LogP) is 2.57. The molecule has 1 unspecified atom stereocenters. The number of primary amides is 1. The average molecular weight is 351 g/mol. The minimum Gasteiger partial charge on any atom is -0.369 e. The van der Waals surface area contributed by atoms with E-state index < -0.39 is 0 Å². The molecule has 3 rings (SSSR count). The molecule has 1 aliphatic heterocycles. The molecule has 26 heavy (non-hydrogen) atoms. The molecule has 2 aromatic rings. The van der Waals surface area contributed by atoms with E-state index in [1.807, 2.05) is 42.5 Å². The van der Waals surface area contributed by atoms with E-state index in [2.05, 4.69) is 22.3 Å². The maximum Gasteiger partial charge on any atom is 0.228 e. The van der Waals surface area contributed by atoms with Crippen LogP contribution in [0.1, 0.15) is 24.0 Å². The second-order valence-electron chi connectivity index (χ2n) is 6.89. The summed E-state index contributed by atoms with van der Waals surface area (Å²) in [7, 11) is 0. The molecule has 136 valence electrons. The Morgan fingerprint density at radius 1 is 1.04 bits per heavy atom. The van der Waals surface area contributed by atoms with Crippen LogP contribution in [0.4, 0.5) is 5.69 Å². The first-order chi connectivity index (χ1) is 12.6. The number of rotatable bonds is 6. The van der Waals surface area contributed by atoms with Crippen molar-refractivity contribution in [3.63, 3.8) is 0 Å². The van der Waals surface area contributed by atoms with E-state index in [4.69, 9.17) is 5.73 Å². The molecule has 0 saturated carbocycles. The van der Waals surface area contributed by atoms with Crippen LogP contribution < -0.4 is 11.1 Å². The highest BCUT2D eigenvalue weighted by Crippen LogP contribution is 2.21. The number of nitrogens with one attached hydrogen (secondary N) is 1. The summed E-state index contributed by atoms with van der Waals surface area (Å²) in [6.07, 6.45) is 2.16. The average Bonchev–Trinajstić information content (AvgIpc) is 2.64. The van der Waals surface area contributed by atoms with Crippen LogP contribution in [0.2, 0.25) is 0 Å². The van der Waals surface area contributed by atoms with Crippen molar-refractivity contribution in [1.29, 1.82) is 0 Å². The molecule has 3 N–H and O–H groups in total. The molecular weight excluding hydrogens is 326 g/mol. The highest BCUT2D eigenvalue weighted by atomic mass is 16.2. The van der Waals surface area contributed by atoms with Crippen LogP contribution >= 0.6 is 0 Å². The van der Waals surface area contributed by atoms with Crippen LogP contribution in [0.25, 0.3) is 0 Å². The summed E-state index contributed by atoms with van der Waals surface area (Å²) >= 11 is 0. The molecule has 5 heteroatoms. The van der Waals surface area contributed by atoms with Gasteiger partial charge in [-0.05, 0) is 42.6 Å². The Bertz CT molecular complexity index is 744. The summed E-state index contributed by atoms with van der Waals surface area (Å²) in [6.45, 7) is 2.69. The smallest absolute Gasteiger partial charge is 0.228 e. The Labute approximate surface area is 154 Å². The molecule has 0 aliphatic carbocycles. The second-order valence-corrected chi connectivity index (χ2v) is 6.89. The van der Waals surface area contributed by atoms with Gasteiger partial charge in [0.05, 0.1) is 12.3 Å². The second kappa shape index (κ2) is 8.63. The van der Waals surface area contributed by atoms with Gasteiger partial charge in [-0.2, -0.15) is 0 Å². The third kappa shape index (κ3) is 5.17.